The van der Waals surface area contributed by atoms with Gasteiger partial charge in [0.05, 0.1) is 12.7 Å². The van der Waals surface area contributed by atoms with Crippen LogP contribution in [0, 0.1) is 0 Å². The van der Waals surface area contributed by atoms with Gasteiger partial charge in [-0.3, -0.25) is 18.6 Å². The molecule has 0 rings (SSSR count). The van der Waals surface area contributed by atoms with Gasteiger partial charge in [0.2, 0.25) is 0 Å². The normalized spacial score (nSPS) is 17.7. The van der Waals surface area contributed by atoms with Gasteiger partial charge in [0, 0.05) is 25.7 Å². The van der Waals surface area contributed by atoms with Gasteiger partial charge in [-0.2, -0.15) is 0 Å². The van der Waals surface area contributed by atoms with Crippen LogP contribution in [-0.4, -0.2) is 34.1 Å². The number of ketones is 2. The molecule has 0 fully saturated rings. The summed E-state index contributed by atoms with van der Waals surface area (Å²) in [6, 6.07) is 0. The van der Waals surface area contributed by atoms with Crippen molar-refractivity contribution in [1.29, 1.82) is 0 Å². The number of carbonyl (C=O) groups is 2. The monoisotopic (exact) mass is 388 g/mol. The van der Waals surface area contributed by atoms with Crippen LogP contribution in [0.5, 0.6) is 0 Å². The molecular formula is C12H26N2O8P2. The van der Waals surface area contributed by atoms with E-state index in [1.807, 2.05) is 6.92 Å². The fourth-order valence-electron chi connectivity index (χ4n) is 1.79. The number of hydrogen-bond donors (Lipinski definition) is 4. The molecule has 0 aliphatic rings. The third-order valence-corrected chi connectivity index (χ3v) is 4.10. The van der Waals surface area contributed by atoms with Crippen LogP contribution in [0.3, 0.4) is 0 Å². The molecule has 0 aromatic rings. The van der Waals surface area contributed by atoms with E-state index in [2.05, 4.69) is 9.05 Å². The summed E-state index contributed by atoms with van der Waals surface area (Å²) in [5, 5.41) is 0. The minimum absolute atomic E-state index is 0.00695. The Morgan fingerprint density at radius 3 is 2.00 bits per heavy atom. The van der Waals surface area contributed by atoms with Gasteiger partial charge in [-0.15, -0.1) is 0 Å². The standard InChI is InChI=1S/C12H26N2O8P2/c1-2-3-4-10(15)5-6-11(16)7-8-12(22-24(14,19)20)9-21-23(13,17)18/h12H,2-9H2,1H3,(H3,13,17,18)(H3,14,19,20). The quantitative estimate of drug-likeness (QED) is 0.318. The van der Waals surface area contributed by atoms with Crippen molar-refractivity contribution < 1.29 is 37.6 Å². The minimum atomic E-state index is -4.37. The molecule has 0 aromatic carbocycles. The number of carbonyl (C=O) groups excluding carboxylic acids is 2. The van der Waals surface area contributed by atoms with Crippen molar-refractivity contribution in [1.82, 2.24) is 0 Å². The smallest absolute Gasteiger partial charge is 0.313 e. The number of Topliss-reactive ketones (excluding diaryl/α,β-unsaturated/α-hetero) is 2. The van der Waals surface area contributed by atoms with Crippen LogP contribution in [0.1, 0.15) is 51.9 Å². The van der Waals surface area contributed by atoms with Gasteiger partial charge in [-0.1, -0.05) is 13.3 Å². The van der Waals surface area contributed by atoms with Crippen molar-refractivity contribution in [2.75, 3.05) is 6.61 Å². The van der Waals surface area contributed by atoms with E-state index in [4.69, 9.17) is 20.8 Å². The average Bonchev–Trinajstić information content (AvgIpc) is 2.43. The Kier molecular flexibility index (Phi) is 11.0. The van der Waals surface area contributed by atoms with E-state index in [-0.39, 0.29) is 37.2 Å². The van der Waals surface area contributed by atoms with Gasteiger partial charge in [0.1, 0.15) is 11.6 Å². The summed E-state index contributed by atoms with van der Waals surface area (Å²) >= 11 is 0. The van der Waals surface area contributed by atoms with Gasteiger partial charge in [-0.05, 0) is 12.8 Å². The molecule has 0 saturated heterocycles. The first-order valence-electron chi connectivity index (χ1n) is 7.52. The zero-order valence-corrected chi connectivity index (χ0v) is 15.4. The maximum Gasteiger partial charge on any atom is 0.400 e. The minimum Gasteiger partial charge on any atom is -0.313 e. The van der Waals surface area contributed by atoms with Crippen LogP contribution in [-0.2, 0) is 27.8 Å². The highest BCUT2D eigenvalue weighted by Crippen LogP contribution is 2.37. The highest BCUT2D eigenvalue weighted by atomic mass is 31.2. The summed E-state index contributed by atoms with van der Waals surface area (Å²) in [7, 11) is -8.66. The molecule has 12 heteroatoms. The van der Waals surface area contributed by atoms with Gasteiger partial charge in [0.25, 0.3) is 0 Å². The second-order valence-corrected chi connectivity index (χ2v) is 8.10. The highest BCUT2D eigenvalue weighted by molar-refractivity contribution is 7.50. The summed E-state index contributed by atoms with van der Waals surface area (Å²) in [4.78, 5) is 41.1. The van der Waals surface area contributed by atoms with Gasteiger partial charge >= 0.3 is 15.5 Å². The first kappa shape index (κ1) is 23.6. The predicted molar refractivity (Wildman–Crippen MR) is 86.9 cm³/mol. The Labute approximate surface area is 141 Å². The third kappa shape index (κ3) is 15.1. The van der Waals surface area contributed by atoms with E-state index in [1.165, 1.54) is 0 Å². The van der Waals surface area contributed by atoms with Crippen LogP contribution in [0.15, 0.2) is 0 Å². The topological polar surface area (TPSA) is 179 Å². The molecule has 10 nitrogen and oxygen atoms in total. The van der Waals surface area contributed by atoms with Gasteiger partial charge in [0.15, 0.2) is 0 Å². The second kappa shape index (κ2) is 11.2. The lowest BCUT2D eigenvalue weighted by molar-refractivity contribution is -0.124. The molecule has 0 aromatic heterocycles. The zero-order chi connectivity index (χ0) is 18.8. The summed E-state index contributed by atoms with van der Waals surface area (Å²) in [5.41, 5.74) is 9.66. The molecular weight excluding hydrogens is 362 g/mol. The highest BCUT2D eigenvalue weighted by Gasteiger charge is 2.24. The molecule has 0 bridgehead atoms. The predicted octanol–water partition coefficient (Wildman–Crippen LogP) is 1.40. The van der Waals surface area contributed by atoms with E-state index in [0.29, 0.717) is 6.42 Å². The molecule has 3 unspecified atom stereocenters. The lowest BCUT2D eigenvalue weighted by atomic mass is 10.0. The van der Waals surface area contributed by atoms with Crippen molar-refractivity contribution in [3.63, 3.8) is 0 Å². The number of hydrogen-bond acceptors (Lipinski definition) is 6. The molecule has 0 radical (unpaired) electrons. The molecule has 0 spiro atoms. The molecule has 0 aliphatic heterocycles. The third-order valence-electron chi connectivity index (χ3n) is 2.98. The SMILES string of the molecule is CCCCC(=O)CCC(=O)CCC(COP(N)(=O)O)OP(N)(=O)O. The maximum atomic E-state index is 11.8. The summed E-state index contributed by atoms with van der Waals surface area (Å²) in [6.07, 6.45) is 1.04. The molecule has 0 aliphatic carbocycles. The zero-order valence-electron chi connectivity index (χ0n) is 13.6. The van der Waals surface area contributed by atoms with Crippen molar-refractivity contribution in [3.05, 3.63) is 0 Å². The van der Waals surface area contributed by atoms with E-state index in [1.54, 1.807) is 0 Å². The molecule has 3 atom stereocenters. The van der Waals surface area contributed by atoms with Crippen molar-refractivity contribution in [3.8, 4) is 0 Å². The molecule has 0 amide bonds. The lowest BCUT2D eigenvalue weighted by Crippen LogP contribution is -2.22. The van der Waals surface area contributed by atoms with Gasteiger partial charge < -0.3 is 9.79 Å². The summed E-state index contributed by atoms with van der Waals surface area (Å²) in [5.74, 6) is -0.231. The van der Waals surface area contributed by atoms with Crippen molar-refractivity contribution in [2.24, 2.45) is 11.0 Å². The van der Waals surface area contributed by atoms with E-state index < -0.39 is 28.2 Å². The molecule has 0 heterocycles. The molecule has 142 valence electrons. The second-order valence-electron chi connectivity index (χ2n) is 5.37. The van der Waals surface area contributed by atoms with Crippen LogP contribution < -0.4 is 11.0 Å². The van der Waals surface area contributed by atoms with Crippen LogP contribution >= 0.6 is 15.5 Å². The van der Waals surface area contributed by atoms with Crippen LogP contribution in [0.25, 0.3) is 0 Å². The Morgan fingerprint density at radius 2 is 1.54 bits per heavy atom. The van der Waals surface area contributed by atoms with Crippen molar-refractivity contribution in [2.45, 2.75) is 58.0 Å². The number of nitrogens with two attached hydrogens (primary N) is 2. The lowest BCUT2D eigenvalue weighted by Gasteiger charge is -2.19. The largest absolute Gasteiger partial charge is 0.400 e. The average molecular weight is 388 g/mol. The summed E-state index contributed by atoms with van der Waals surface area (Å²) in [6.45, 7) is 1.39. The number of rotatable bonds is 14. The Morgan fingerprint density at radius 1 is 1.00 bits per heavy atom. The Balaban J connectivity index is 4.32. The molecule has 0 saturated carbocycles. The van der Waals surface area contributed by atoms with Crippen molar-refractivity contribution >= 4 is 27.1 Å². The Bertz CT molecular complexity index is 501. The van der Waals surface area contributed by atoms with E-state index >= 15 is 0 Å². The number of unbranched alkanes of at least 4 members (excludes halogenated alkanes) is 1. The molecule has 6 N–H and O–H groups in total. The van der Waals surface area contributed by atoms with E-state index in [9.17, 15) is 18.7 Å². The summed E-state index contributed by atoms with van der Waals surface area (Å²) < 4.78 is 31.0. The fourth-order valence-corrected chi connectivity index (χ4v) is 2.77. The van der Waals surface area contributed by atoms with Crippen LogP contribution in [0.4, 0.5) is 0 Å². The first-order chi connectivity index (χ1) is 10.9. The van der Waals surface area contributed by atoms with Crippen LogP contribution in [0.2, 0.25) is 0 Å². The maximum absolute atomic E-state index is 11.8. The van der Waals surface area contributed by atoms with Gasteiger partial charge in [-0.25, -0.2) is 20.1 Å². The van der Waals surface area contributed by atoms with E-state index in [0.717, 1.165) is 12.8 Å². The first-order valence-corrected chi connectivity index (χ1v) is 10.8. The Hall–Kier alpha value is -0.440. The fraction of sp³-hybridized carbons (Fsp3) is 0.833. The molecule has 24 heavy (non-hydrogen) atoms.